The Morgan fingerprint density at radius 1 is 1.18 bits per heavy atom. The number of amidine groups is 1. The molecule has 7 heteroatoms. The standard InChI is InChI=1S/C10H20N2.ClHO4/c1-9(11-10(2,3)4)12-7-5-6-8-12;2-1(3,4)5/h5-8H2,1-4H3;(H,2,3,4,5). The fourth-order valence-corrected chi connectivity index (χ4v) is 1.60. The maximum atomic E-state index is 8.60. The lowest BCUT2D eigenvalue weighted by Crippen LogP contribution is -2.58. The highest BCUT2D eigenvalue weighted by Crippen LogP contribution is 2.12. The van der Waals surface area contributed by atoms with E-state index in [1.807, 2.05) is 0 Å². The van der Waals surface area contributed by atoms with Crippen LogP contribution in [-0.2, 0) is 0 Å². The number of nitrogens with zero attached hydrogens (tertiary/aromatic N) is 2. The van der Waals surface area contributed by atoms with Gasteiger partial charge in [-0.15, -0.1) is 0 Å². The number of hydrogen-bond donors (Lipinski definition) is 1. The molecule has 0 atom stereocenters. The van der Waals surface area contributed by atoms with Gasteiger partial charge in [-0.25, -0.2) is 0 Å². The van der Waals surface area contributed by atoms with E-state index in [1.54, 1.807) is 0 Å². The molecule has 1 N–H and O–H groups in total. The van der Waals surface area contributed by atoms with Crippen LogP contribution in [0.2, 0.25) is 0 Å². The highest BCUT2D eigenvalue weighted by molar-refractivity contribution is 5.80. The van der Waals surface area contributed by atoms with Crippen molar-refractivity contribution in [2.75, 3.05) is 13.1 Å². The first-order valence-corrected chi connectivity index (χ1v) is 6.70. The van der Waals surface area contributed by atoms with E-state index in [4.69, 9.17) is 18.6 Å². The molecule has 1 fully saturated rings. The molecule has 0 saturated carbocycles. The minimum atomic E-state index is -4.69. The van der Waals surface area contributed by atoms with Crippen LogP contribution in [0.4, 0.5) is 0 Å². The van der Waals surface area contributed by atoms with Gasteiger partial charge in [-0.1, -0.05) is 0 Å². The summed E-state index contributed by atoms with van der Waals surface area (Å²) in [7, 11) is -4.69. The van der Waals surface area contributed by atoms with Crippen molar-refractivity contribution in [3.63, 3.8) is 0 Å². The summed E-state index contributed by atoms with van der Waals surface area (Å²) in [5.41, 5.74) is 0.0761. The molecule has 0 amide bonds. The molecule has 102 valence electrons. The minimum absolute atomic E-state index is 0.0761. The van der Waals surface area contributed by atoms with Gasteiger partial charge in [0.2, 0.25) is 0 Å². The topological polar surface area (TPSA) is 105 Å². The summed E-state index contributed by atoms with van der Waals surface area (Å²) in [5.74, 6) is 1.21. The molecule has 0 aromatic rings. The highest BCUT2D eigenvalue weighted by atomic mass is 35.7. The van der Waals surface area contributed by atoms with Crippen molar-refractivity contribution < 1.29 is 28.9 Å². The van der Waals surface area contributed by atoms with Crippen molar-refractivity contribution in [2.24, 2.45) is 4.99 Å². The van der Waals surface area contributed by atoms with Gasteiger partial charge in [0.05, 0.1) is 26.3 Å². The molecule has 0 aromatic carbocycles. The molecule has 1 aliphatic rings. The SMILES string of the molecule is CC(=NC(C)(C)C)N1CCCC1.[O-][Cl+3]([O-])([O-])O. The average Bonchev–Trinajstić information content (AvgIpc) is 2.47. The van der Waals surface area contributed by atoms with E-state index < -0.39 is 10.2 Å². The Bertz CT molecular complexity index is 246. The van der Waals surface area contributed by atoms with E-state index in [2.05, 4.69) is 37.6 Å². The van der Waals surface area contributed by atoms with Crippen molar-refractivity contribution in [2.45, 2.75) is 46.1 Å². The average molecular weight is 269 g/mol. The lowest BCUT2D eigenvalue weighted by atomic mass is 10.1. The first-order valence-electron chi connectivity index (χ1n) is 5.44. The van der Waals surface area contributed by atoms with E-state index in [0.717, 1.165) is 0 Å². The van der Waals surface area contributed by atoms with E-state index in [9.17, 15) is 0 Å². The van der Waals surface area contributed by atoms with E-state index >= 15 is 0 Å². The monoisotopic (exact) mass is 268 g/mol. The maximum Gasteiger partial charge on any atom is 0.0964 e. The van der Waals surface area contributed by atoms with Gasteiger partial charge >= 0.3 is 0 Å². The van der Waals surface area contributed by atoms with Crippen molar-refractivity contribution in [3.05, 3.63) is 0 Å². The van der Waals surface area contributed by atoms with Gasteiger partial charge in [-0.3, -0.25) is 4.99 Å². The highest BCUT2D eigenvalue weighted by Gasteiger charge is 2.15. The fraction of sp³-hybridized carbons (Fsp3) is 0.900. The molecule has 1 heterocycles. The molecule has 0 unspecified atom stereocenters. The molecule has 0 aliphatic carbocycles. The number of halogens is 1. The summed E-state index contributed by atoms with van der Waals surface area (Å²) in [4.78, 5) is 7.01. The minimum Gasteiger partial charge on any atom is -0.361 e. The summed E-state index contributed by atoms with van der Waals surface area (Å²) >= 11 is 0. The number of likely N-dealkylation sites (tertiary alicyclic amines) is 1. The Kier molecular flexibility index (Phi) is 6.36. The molecule has 1 aliphatic heterocycles. The van der Waals surface area contributed by atoms with Crippen molar-refractivity contribution in [3.8, 4) is 0 Å². The van der Waals surface area contributed by atoms with Crippen LogP contribution >= 0.6 is 0 Å². The molecule has 0 radical (unpaired) electrons. The first-order chi connectivity index (χ1) is 7.49. The molecule has 1 saturated heterocycles. The number of aliphatic imine (C=N–C) groups is 1. The van der Waals surface area contributed by atoms with Crippen LogP contribution in [-0.4, -0.2) is 34.0 Å². The zero-order chi connectivity index (χ0) is 13.7. The molecule has 1 rings (SSSR count). The second-order valence-corrected chi connectivity index (χ2v) is 5.71. The molecule has 0 bridgehead atoms. The smallest absolute Gasteiger partial charge is 0.0964 e. The maximum absolute atomic E-state index is 8.60. The summed E-state index contributed by atoms with van der Waals surface area (Å²) in [6, 6.07) is 0. The quantitative estimate of drug-likeness (QED) is 0.411. The first kappa shape index (κ1) is 16.6. The molecular formula is C10H21ClN2O4. The second-order valence-electron chi connectivity index (χ2n) is 4.92. The third-order valence-corrected chi connectivity index (χ3v) is 2.06. The Balaban J connectivity index is 0.000000437. The summed E-state index contributed by atoms with van der Waals surface area (Å²) in [6.07, 6.45) is 2.66. The van der Waals surface area contributed by atoms with E-state index in [0.29, 0.717) is 0 Å². The Morgan fingerprint density at radius 3 is 1.82 bits per heavy atom. The van der Waals surface area contributed by atoms with E-state index in [1.165, 1.54) is 31.8 Å². The van der Waals surface area contributed by atoms with Gasteiger partial charge in [0.15, 0.2) is 0 Å². The fourth-order valence-electron chi connectivity index (χ4n) is 1.60. The van der Waals surface area contributed by atoms with Crippen molar-refractivity contribution in [1.82, 2.24) is 4.90 Å². The molecular weight excluding hydrogens is 248 g/mol. The Hall–Kier alpha value is -0.400. The number of hydrogen-bond acceptors (Lipinski definition) is 5. The van der Waals surface area contributed by atoms with Gasteiger partial charge in [0, 0.05) is 13.1 Å². The van der Waals surface area contributed by atoms with Gasteiger partial charge in [-0.2, -0.15) is 14.0 Å². The van der Waals surface area contributed by atoms with Gasteiger partial charge in [0.1, 0.15) is 0 Å². The third-order valence-electron chi connectivity index (χ3n) is 2.06. The van der Waals surface area contributed by atoms with Crippen LogP contribution in [0, 0.1) is 10.2 Å². The summed E-state index contributed by atoms with van der Waals surface area (Å²) in [5, 5.41) is 0. The van der Waals surface area contributed by atoms with Gasteiger partial charge in [-0.05, 0) is 40.5 Å². The van der Waals surface area contributed by atoms with Crippen LogP contribution in [0.1, 0.15) is 40.5 Å². The molecule has 6 nitrogen and oxygen atoms in total. The molecule has 17 heavy (non-hydrogen) atoms. The summed E-state index contributed by atoms with van der Waals surface area (Å²) in [6.45, 7) is 11.0. The largest absolute Gasteiger partial charge is 0.361 e. The lowest BCUT2D eigenvalue weighted by molar-refractivity contribution is -1.92. The predicted molar refractivity (Wildman–Crippen MR) is 55.9 cm³/mol. The van der Waals surface area contributed by atoms with Crippen molar-refractivity contribution in [1.29, 1.82) is 0 Å². The zero-order valence-corrected chi connectivity index (χ0v) is 11.5. The van der Waals surface area contributed by atoms with Crippen molar-refractivity contribution >= 4 is 5.84 Å². The second kappa shape index (κ2) is 6.51. The van der Waals surface area contributed by atoms with Crippen LogP contribution in [0.3, 0.4) is 0 Å². The van der Waals surface area contributed by atoms with E-state index in [-0.39, 0.29) is 5.54 Å². The van der Waals surface area contributed by atoms with Crippen LogP contribution in [0.5, 0.6) is 0 Å². The normalized spacial score (nSPS) is 17.9. The van der Waals surface area contributed by atoms with Gasteiger partial charge < -0.3 is 4.90 Å². The Morgan fingerprint density at radius 2 is 1.53 bits per heavy atom. The predicted octanol–water partition coefficient (Wildman–Crippen LogP) is -1.82. The van der Waals surface area contributed by atoms with Crippen LogP contribution < -0.4 is 14.0 Å². The van der Waals surface area contributed by atoms with Crippen LogP contribution in [0.15, 0.2) is 4.99 Å². The van der Waals surface area contributed by atoms with Crippen LogP contribution in [0.25, 0.3) is 0 Å². The zero-order valence-electron chi connectivity index (χ0n) is 10.8. The van der Waals surface area contributed by atoms with Gasteiger partial charge in [0.25, 0.3) is 0 Å². The lowest BCUT2D eigenvalue weighted by Gasteiger charge is -2.21. The number of rotatable bonds is 0. The third kappa shape index (κ3) is 11.9. The Labute approximate surface area is 104 Å². The molecule has 0 spiro atoms. The summed E-state index contributed by atoms with van der Waals surface area (Å²) < 4.78 is 32.7. The molecule has 0 aromatic heterocycles.